The number of amides is 1. The maximum absolute atomic E-state index is 13.4. The fourth-order valence-corrected chi connectivity index (χ4v) is 4.56. The molecule has 3 rings (SSSR count). The summed E-state index contributed by atoms with van der Waals surface area (Å²) in [6.45, 7) is 0.924. The van der Waals surface area contributed by atoms with Crippen LogP contribution in [0.4, 0.5) is 4.39 Å². The molecule has 1 heterocycles. The normalized spacial score (nSPS) is 16.0. The van der Waals surface area contributed by atoms with Crippen LogP contribution in [-0.2, 0) is 10.0 Å². The maximum atomic E-state index is 13.4. The molecule has 1 aliphatic heterocycles. The number of piperazine rings is 1. The van der Waals surface area contributed by atoms with Crippen molar-refractivity contribution in [2.24, 2.45) is 0 Å². The van der Waals surface area contributed by atoms with Gasteiger partial charge in [-0.05, 0) is 46.3 Å². The van der Waals surface area contributed by atoms with Gasteiger partial charge in [-0.15, -0.1) is 0 Å². The van der Waals surface area contributed by atoms with Crippen molar-refractivity contribution < 1.29 is 17.6 Å². The van der Waals surface area contributed by atoms with Crippen LogP contribution in [0.25, 0.3) is 0 Å². The van der Waals surface area contributed by atoms with Crippen molar-refractivity contribution >= 4 is 31.9 Å². The van der Waals surface area contributed by atoms with Gasteiger partial charge >= 0.3 is 0 Å². The molecule has 0 spiro atoms. The van der Waals surface area contributed by atoms with E-state index in [1.165, 1.54) is 27.4 Å². The first kappa shape index (κ1) is 18.0. The maximum Gasteiger partial charge on any atom is 0.255 e. The van der Waals surface area contributed by atoms with Gasteiger partial charge in [0.05, 0.1) is 10.5 Å². The number of nitrogens with zero attached hydrogens (tertiary/aromatic N) is 2. The van der Waals surface area contributed by atoms with Crippen LogP contribution >= 0.6 is 15.9 Å². The first-order chi connectivity index (χ1) is 11.9. The Hall–Kier alpha value is -1.77. The molecule has 2 aromatic rings. The van der Waals surface area contributed by atoms with Crippen LogP contribution in [0.3, 0.4) is 0 Å². The second-order valence-corrected chi connectivity index (χ2v) is 8.43. The summed E-state index contributed by atoms with van der Waals surface area (Å²) in [5.41, 5.74) is 0.236. The smallest absolute Gasteiger partial charge is 0.255 e. The Morgan fingerprint density at radius 2 is 1.64 bits per heavy atom. The van der Waals surface area contributed by atoms with Crippen LogP contribution in [0.5, 0.6) is 0 Å². The van der Waals surface area contributed by atoms with Gasteiger partial charge in [0, 0.05) is 30.7 Å². The van der Waals surface area contributed by atoms with E-state index in [1.54, 1.807) is 30.3 Å². The highest BCUT2D eigenvalue weighted by atomic mass is 79.9. The number of hydrogen-bond donors (Lipinski definition) is 0. The molecule has 5 nitrogen and oxygen atoms in total. The SMILES string of the molecule is O=C(c1cc(F)ccc1Br)N1CCN(S(=O)(=O)c2ccccc2)CC1. The van der Waals surface area contributed by atoms with E-state index in [0.717, 1.165) is 0 Å². The summed E-state index contributed by atoms with van der Waals surface area (Å²) in [5, 5.41) is 0. The Labute approximate surface area is 154 Å². The number of halogens is 2. The molecule has 0 atom stereocenters. The van der Waals surface area contributed by atoms with E-state index in [9.17, 15) is 17.6 Å². The zero-order chi connectivity index (χ0) is 18.0. The second kappa shape index (κ2) is 7.23. The summed E-state index contributed by atoms with van der Waals surface area (Å²) in [7, 11) is -3.56. The average molecular weight is 427 g/mol. The first-order valence-corrected chi connectivity index (χ1v) is 9.92. The van der Waals surface area contributed by atoms with Gasteiger partial charge in [-0.2, -0.15) is 4.31 Å². The van der Waals surface area contributed by atoms with E-state index in [0.29, 0.717) is 4.47 Å². The average Bonchev–Trinajstić information content (AvgIpc) is 2.64. The fourth-order valence-electron chi connectivity index (χ4n) is 2.70. The molecule has 8 heteroatoms. The van der Waals surface area contributed by atoms with Gasteiger partial charge in [0.25, 0.3) is 5.91 Å². The van der Waals surface area contributed by atoms with Crippen molar-refractivity contribution in [2.75, 3.05) is 26.2 Å². The number of benzene rings is 2. The fraction of sp³-hybridized carbons (Fsp3) is 0.235. The molecule has 0 radical (unpaired) electrons. The molecule has 132 valence electrons. The van der Waals surface area contributed by atoms with Gasteiger partial charge < -0.3 is 4.90 Å². The molecule has 0 saturated carbocycles. The summed E-state index contributed by atoms with van der Waals surface area (Å²) in [4.78, 5) is 14.3. The van der Waals surface area contributed by atoms with Gasteiger partial charge in [-0.1, -0.05) is 18.2 Å². The van der Waals surface area contributed by atoms with Crippen molar-refractivity contribution in [1.82, 2.24) is 9.21 Å². The van der Waals surface area contributed by atoms with Gasteiger partial charge in [0.15, 0.2) is 0 Å². The molecule has 1 amide bonds. The van der Waals surface area contributed by atoms with Crippen molar-refractivity contribution in [3.8, 4) is 0 Å². The van der Waals surface area contributed by atoms with Crippen molar-refractivity contribution in [3.05, 3.63) is 64.4 Å². The van der Waals surface area contributed by atoms with Crippen LogP contribution in [0.2, 0.25) is 0 Å². The minimum Gasteiger partial charge on any atom is -0.336 e. The molecule has 0 N–H and O–H groups in total. The van der Waals surface area contributed by atoms with Crippen LogP contribution in [0, 0.1) is 5.82 Å². The van der Waals surface area contributed by atoms with E-state index in [-0.39, 0.29) is 42.5 Å². The third-order valence-electron chi connectivity index (χ3n) is 4.07. The van der Waals surface area contributed by atoms with Gasteiger partial charge in [0.2, 0.25) is 10.0 Å². The molecular formula is C17H16BrFN2O3S. The lowest BCUT2D eigenvalue weighted by Crippen LogP contribution is -2.50. The van der Waals surface area contributed by atoms with E-state index >= 15 is 0 Å². The van der Waals surface area contributed by atoms with Crippen LogP contribution in [0.1, 0.15) is 10.4 Å². The lowest BCUT2D eigenvalue weighted by Gasteiger charge is -2.34. The number of sulfonamides is 1. The standard InChI is InChI=1S/C17H16BrFN2O3S/c18-16-7-6-13(19)12-15(16)17(22)20-8-10-21(11-9-20)25(23,24)14-4-2-1-3-5-14/h1-7,12H,8-11H2. The minimum absolute atomic E-state index is 0.204. The van der Waals surface area contributed by atoms with E-state index in [4.69, 9.17) is 0 Å². The van der Waals surface area contributed by atoms with Crippen molar-refractivity contribution in [2.45, 2.75) is 4.90 Å². The second-order valence-electron chi connectivity index (χ2n) is 5.63. The highest BCUT2D eigenvalue weighted by molar-refractivity contribution is 9.10. The molecule has 0 aromatic heterocycles. The third-order valence-corrected chi connectivity index (χ3v) is 6.67. The van der Waals surface area contributed by atoms with Crippen LogP contribution in [0.15, 0.2) is 57.9 Å². The van der Waals surface area contributed by atoms with Gasteiger partial charge in [-0.3, -0.25) is 4.79 Å². The lowest BCUT2D eigenvalue weighted by molar-refractivity contribution is 0.0696. The van der Waals surface area contributed by atoms with Gasteiger partial charge in [0.1, 0.15) is 5.82 Å². The van der Waals surface area contributed by atoms with E-state index < -0.39 is 15.8 Å². The molecule has 0 bridgehead atoms. The minimum atomic E-state index is -3.56. The lowest BCUT2D eigenvalue weighted by atomic mass is 10.2. The Balaban J connectivity index is 1.72. The molecule has 2 aromatic carbocycles. The molecule has 1 saturated heterocycles. The number of hydrogen-bond acceptors (Lipinski definition) is 3. The monoisotopic (exact) mass is 426 g/mol. The zero-order valence-corrected chi connectivity index (χ0v) is 15.6. The van der Waals surface area contributed by atoms with Gasteiger partial charge in [-0.25, -0.2) is 12.8 Å². The quantitative estimate of drug-likeness (QED) is 0.757. The Bertz CT molecular complexity index is 882. The highest BCUT2D eigenvalue weighted by Crippen LogP contribution is 2.22. The number of rotatable bonds is 3. The predicted molar refractivity (Wildman–Crippen MR) is 95.2 cm³/mol. The molecule has 0 unspecified atom stereocenters. The molecule has 1 aliphatic rings. The predicted octanol–water partition coefficient (Wildman–Crippen LogP) is 2.73. The summed E-state index contributed by atoms with van der Waals surface area (Å²) < 4.78 is 40.5. The molecular weight excluding hydrogens is 411 g/mol. The highest BCUT2D eigenvalue weighted by Gasteiger charge is 2.30. The summed E-state index contributed by atoms with van der Waals surface area (Å²) >= 11 is 3.25. The third kappa shape index (κ3) is 3.75. The Kier molecular flexibility index (Phi) is 5.21. The van der Waals surface area contributed by atoms with Crippen LogP contribution < -0.4 is 0 Å². The first-order valence-electron chi connectivity index (χ1n) is 7.69. The molecule has 25 heavy (non-hydrogen) atoms. The summed E-state index contributed by atoms with van der Waals surface area (Å²) in [6.07, 6.45) is 0. The van der Waals surface area contributed by atoms with Crippen molar-refractivity contribution in [1.29, 1.82) is 0 Å². The zero-order valence-electron chi connectivity index (χ0n) is 13.2. The Morgan fingerprint density at radius 3 is 2.28 bits per heavy atom. The topological polar surface area (TPSA) is 57.7 Å². The Morgan fingerprint density at radius 1 is 1.00 bits per heavy atom. The molecule has 0 aliphatic carbocycles. The number of carbonyl (C=O) groups excluding carboxylic acids is 1. The summed E-state index contributed by atoms with van der Waals surface area (Å²) in [5.74, 6) is -0.806. The largest absolute Gasteiger partial charge is 0.336 e. The molecule has 1 fully saturated rings. The number of carbonyl (C=O) groups is 1. The van der Waals surface area contributed by atoms with E-state index in [1.807, 2.05) is 0 Å². The summed E-state index contributed by atoms with van der Waals surface area (Å²) in [6, 6.07) is 12.1. The van der Waals surface area contributed by atoms with Crippen molar-refractivity contribution in [3.63, 3.8) is 0 Å². The van der Waals surface area contributed by atoms with Crippen LogP contribution in [-0.4, -0.2) is 49.7 Å². The van der Waals surface area contributed by atoms with E-state index in [2.05, 4.69) is 15.9 Å².